The van der Waals surface area contributed by atoms with Crippen molar-refractivity contribution in [1.82, 2.24) is 20.2 Å². The number of aliphatic hydroxyl groups excluding tert-OH is 1. The summed E-state index contributed by atoms with van der Waals surface area (Å²) in [5.41, 5.74) is 3.57. The minimum Gasteiger partial charge on any atom is -0.395 e. The van der Waals surface area contributed by atoms with Crippen molar-refractivity contribution in [3.63, 3.8) is 0 Å². The first kappa shape index (κ1) is 22.6. The SMILES string of the molecule is O=C(NCCCNc1nc(Nc2ccc3c(c2)CN(CCO)C3=O)ncc1C1CC1)C1CCC1. The van der Waals surface area contributed by atoms with Gasteiger partial charge in [-0.15, -0.1) is 0 Å². The molecular weight excluding hydrogens is 432 g/mol. The molecule has 0 atom stereocenters. The van der Waals surface area contributed by atoms with Crippen molar-refractivity contribution in [2.45, 2.75) is 51.0 Å². The predicted molar refractivity (Wildman–Crippen MR) is 129 cm³/mol. The maximum absolute atomic E-state index is 12.4. The van der Waals surface area contributed by atoms with Crippen molar-refractivity contribution in [1.29, 1.82) is 0 Å². The molecule has 2 heterocycles. The van der Waals surface area contributed by atoms with Crippen LogP contribution in [0.3, 0.4) is 0 Å². The molecule has 2 amide bonds. The summed E-state index contributed by atoms with van der Waals surface area (Å²) in [6, 6.07) is 5.61. The van der Waals surface area contributed by atoms with Gasteiger partial charge in [0, 0.05) is 55.1 Å². The van der Waals surface area contributed by atoms with E-state index in [4.69, 9.17) is 10.1 Å². The molecule has 4 N–H and O–H groups in total. The van der Waals surface area contributed by atoms with E-state index < -0.39 is 0 Å². The molecule has 180 valence electrons. The van der Waals surface area contributed by atoms with Crippen LogP contribution in [0.1, 0.15) is 65.9 Å². The molecule has 1 aliphatic heterocycles. The second-order valence-corrected chi connectivity index (χ2v) is 9.42. The van der Waals surface area contributed by atoms with Crippen LogP contribution in [0.15, 0.2) is 24.4 Å². The second kappa shape index (κ2) is 9.97. The molecule has 0 unspecified atom stereocenters. The lowest BCUT2D eigenvalue weighted by atomic mass is 9.85. The zero-order chi connectivity index (χ0) is 23.5. The van der Waals surface area contributed by atoms with Gasteiger partial charge in [0.25, 0.3) is 5.91 Å². The fourth-order valence-corrected chi connectivity index (χ4v) is 4.50. The van der Waals surface area contributed by atoms with Gasteiger partial charge in [0.05, 0.1) is 6.61 Å². The van der Waals surface area contributed by atoms with Crippen LogP contribution in [0.2, 0.25) is 0 Å². The van der Waals surface area contributed by atoms with E-state index >= 15 is 0 Å². The van der Waals surface area contributed by atoms with Crippen molar-refractivity contribution in [2.24, 2.45) is 5.92 Å². The monoisotopic (exact) mass is 464 g/mol. The van der Waals surface area contributed by atoms with Gasteiger partial charge >= 0.3 is 0 Å². The number of anilines is 3. The molecule has 1 aromatic heterocycles. The van der Waals surface area contributed by atoms with Crippen molar-refractivity contribution in [3.05, 3.63) is 41.1 Å². The molecule has 2 saturated carbocycles. The smallest absolute Gasteiger partial charge is 0.254 e. The minimum absolute atomic E-state index is 0.0454. The van der Waals surface area contributed by atoms with Crippen LogP contribution in [0.5, 0.6) is 0 Å². The molecule has 2 fully saturated rings. The topological polar surface area (TPSA) is 119 Å². The number of hydrogen-bond acceptors (Lipinski definition) is 7. The molecule has 0 radical (unpaired) electrons. The number of rotatable bonds is 11. The molecule has 0 bridgehead atoms. The first-order valence-corrected chi connectivity index (χ1v) is 12.3. The average Bonchev–Trinajstić information content (AvgIpc) is 3.58. The molecule has 34 heavy (non-hydrogen) atoms. The molecular formula is C25H32N6O3. The van der Waals surface area contributed by atoms with Crippen LogP contribution >= 0.6 is 0 Å². The maximum Gasteiger partial charge on any atom is 0.254 e. The third kappa shape index (κ3) is 4.99. The number of carbonyl (C=O) groups excluding carboxylic acids is 2. The van der Waals surface area contributed by atoms with Gasteiger partial charge in [0.2, 0.25) is 11.9 Å². The van der Waals surface area contributed by atoms with Crippen LogP contribution < -0.4 is 16.0 Å². The molecule has 0 saturated heterocycles. The summed E-state index contributed by atoms with van der Waals surface area (Å²) in [4.78, 5) is 35.3. The zero-order valence-electron chi connectivity index (χ0n) is 19.3. The molecule has 1 aromatic carbocycles. The van der Waals surface area contributed by atoms with E-state index in [1.54, 1.807) is 4.90 Å². The van der Waals surface area contributed by atoms with Gasteiger partial charge in [0.15, 0.2) is 0 Å². The Morgan fingerprint density at radius 3 is 2.76 bits per heavy atom. The lowest BCUT2D eigenvalue weighted by Crippen LogP contribution is -2.35. The number of β-amino-alcohol motifs (C(OH)–C–C–N with tert-alkyl or cyclic N) is 1. The minimum atomic E-state index is -0.0469. The van der Waals surface area contributed by atoms with Gasteiger partial charge in [-0.3, -0.25) is 9.59 Å². The van der Waals surface area contributed by atoms with E-state index in [1.165, 1.54) is 6.42 Å². The molecule has 2 aliphatic carbocycles. The fourth-order valence-electron chi connectivity index (χ4n) is 4.50. The van der Waals surface area contributed by atoms with E-state index in [9.17, 15) is 9.59 Å². The molecule has 5 rings (SSSR count). The van der Waals surface area contributed by atoms with E-state index in [0.29, 0.717) is 37.1 Å². The zero-order valence-corrected chi connectivity index (χ0v) is 19.3. The molecule has 0 spiro atoms. The van der Waals surface area contributed by atoms with Crippen LogP contribution in [-0.4, -0.2) is 58.0 Å². The van der Waals surface area contributed by atoms with Gasteiger partial charge in [-0.05, 0) is 61.8 Å². The summed E-state index contributed by atoms with van der Waals surface area (Å²) in [5, 5.41) is 18.9. The Labute approximate surface area is 199 Å². The normalized spacial score (nSPS) is 17.3. The Morgan fingerprint density at radius 1 is 1.18 bits per heavy atom. The molecule has 2 aromatic rings. The van der Waals surface area contributed by atoms with Gasteiger partial charge in [-0.2, -0.15) is 4.98 Å². The average molecular weight is 465 g/mol. The predicted octanol–water partition coefficient (Wildman–Crippen LogP) is 2.76. The van der Waals surface area contributed by atoms with Crippen molar-refractivity contribution in [3.8, 4) is 0 Å². The highest BCUT2D eigenvalue weighted by molar-refractivity contribution is 5.98. The number of benzene rings is 1. The van der Waals surface area contributed by atoms with E-state index in [2.05, 4.69) is 20.9 Å². The number of amides is 2. The van der Waals surface area contributed by atoms with Crippen molar-refractivity contribution < 1.29 is 14.7 Å². The Bertz CT molecular complexity index is 1070. The third-order valence-corrected chi connectivity index (χ3v) is 6.87. The Kier molecular flexibility index (Phi) is 6.62. The summed E-state index contributed by atoms with van der Waals surface area (Å²) in [7, 11) is 0. The Balaban J connectivity index is 1.20. The Morgan fingerprint density at radius 2 is 2.03 bits per heavy atom. The first-order chi connectivity index (χ1) is 16.6. The molecule has 9 nitrogen and oxygen atoms in total. The largest absolute Gasteiger partial charge is 0.395 e. The van der Waals surface area contributed by atoms with Crippen molar-refractivity contribution >= 4 is 29.3 Å². The van der Waals surface area contributed by atoms with Crippen molar-refractivity contribution in [2.75, 3.05) is 36.9 Å². The summed E-state index contributed by atoms with van der Waals surface area (Å²) in [6.07, 6.45) is 8.25. The number of aliphatic hydroxyl groups is 1. The van der Waals surface area contributed by atoms with E-state index in [-0.39, 0.29) is 24.3 Å². The number of aromatic nitrogens is 2. The van der Waals surface area contributed by atoms with Gasteiger partial charge < -0.3 is 26.0 Å². The number of carbonyl (C=O) groups is 2. The van der Waals surface area contributed by atoms with Gasteiger partial charge in [-0.25, -0.2) is 4.98 Å². The highest BCUT2D eigenvalue weighted by Crippen LogP contribution is 2.43. The number of fused-ring (bicyclic) bond motifs is 1. The van der Waals surface area contributed by atoms with Crippen LogP contribution in [0.25, 0.3) is 0 Å². The molecule has 9 heteroatoms. The second-order valence-electron chi connectivity index (χ2n) is 9.42. The van der Waals surface area contributed by atoms with Gasteiger partial charge in [-0.1, -0.05) is 6.42 Å². The maximum atomic E-state index is 12.4. The lowest BCUT2D eigenvalue weighted by molar-refractivity contribution is -0.127. The molecule has 3 aliphatic rings. The summed E-state index contributed by atoms with van der Waals surface area (Å²) < 4.78 is 0. The van der Waals surface area contributed by atoms with Crippen LogP contribution in [0, 0.1) is 5.92 Å². The quantitative estimate of drug-likeness (QED) is 0.378. The highest BCUT2D eigenvalue weighted by Gasteiger charge is 2.29. The van der Waals surface area contributed by atoms with Crippen LogP contribution in [0.4, 0.5) is 17.5 Å². The third-order valence-electron chi connectivity index (χ3n) is 6.87. The number of hydrogen-bond donors (Lipinski definition) is 4. The van der Waals surface area contributed by atoms with E-state index in [0.717, 1.165) is 61.3 Å². The summed E-state index contributed by atoms with van der Waals surface area (Å²) in [6.45, 7) is 2.17. The highest BCUT2D eigenvalue weighted by atomic mass is 16.3. The Hall–Kier alpha value is -3.20. The van der Waals surface area contributed by atoms with Crippen LogP contribution in [-0.2, 0) is 11.3 Å². The lowest BCUT2D eigenvalue weighted by Gasteiger charge is -2.24. The first-order valence-electron chi connectivity index (χ1n) is 12.3. The fraction of sp³-hybridized carbons (Fsp3) is 0.520. The number of nitrogens with one attached hydrogen (secondary N) is 3. The summed E-state index contributed by atoms with van der Waals surface area (Å²) in [5.74, 6) is 2.22. The standard InChI is InChI=1S/C25H32N6O3/c32-12-11-31-15-18-13-19(7-8-20(18)24(31)34)29-25-28-14-21(16-5-6-16)22(30-25)26-9-2-10-27-23(33)17-3-1-4-17/h7-8,13-14,16-17,32H,1-6,9-12,15H2,(H,27,33)(H2,26,28,29,30). The summed E-state index contributed by atoms with van der Waals surface area (Å²) >= 11 is 0. The van der Waals surface area contributed by atoms with Gasteiger partial charge in [0.1, 0.15) is 5.82 Å². The van der Waals surface area contributed by atoms with E-state index in [1.807, 2.05) is 24.4 Å². The number of nitrogens with zero attached hydrogens (tertiary/aromatic N) is 3.